The van der Waals surface area contributed by atoms with E-state index in [0.717, 1.165) is 11.3 Å². The normalized spacial score (nSPS) is 11.5. The van der Waals surface area contributed by atoms with Crippen molar-refractivity contribution in [3.63, 3.8) is 0 Å². The molecule has 0 aliphatic rings. The summed E-state index contributed by atoms with van der Waals surface area (Å²) in [5.41, 5.74) is 0.740. The van der Waals surface area contributed by atoms with E-state index < -0.39 is 17.5 Å². The SMILES string of the molecule is COC(=O)c1cccc2ncc(-c3cc(O)c(C(=O)OC(C)(C)C)s3)n12. The van der Waals surface area contributed by atoms with E-state index >= 15 is 0 Å². The highest BCUT2D eigenvalue weighted by atomic mass is 32.1. The summed E-state index contributed by atoms with van der Waals surface area (Å²) in [5, 5.41) is 10.2. The number of methoxy groups -OCH3 is 1. The number of imidazole rings is 1. The summed E-state index contributed by atoms with van der Waals surface area (Å²) in [4.78, 5) is 29.3. The van der Waals surface area contributed by atoms with E-state index in [1.54, 1.807) is 49.6 Å². The van der Waals surface area contributed by atoms with Gasteiger partial charge in [0.15, 0.2) is 4.88 Å². The van der Waals surface area contributed by atoms with Crippen LogP contribution in [-0.4, -0.2) is 39.1 Å². The van der Waals surface area contributed by atoms with Crippen LogP contribution >= 0.6 is 11.3 Å². The molecule has 3 aromatic heterocycles. The molecular weight excluding hydrogens is 356 g/mol. The van der Waals surface area contributed by atoms with Crippen molar-refractivity contribution in [2.45, 2.75) is 26.4 Å². The van der Waals surface area contributed by atoms with Gasteiger partial charge >= 0.3 is 11.9 Å². The van der Waals surface area contributed by atoms with Crippen molar-refractivity contribution >= 4 is 28.9 Å². The molecule has 26 heavy (non-hydrogen) atoms. The zero-order valence-corrected chi connectivity index (χ0v) is 15.6. The summed E-state index contributed by atoms with van der Waals surface area (Å²) in [6.45, 7) is 5.26. The molecule has 1 N–H and O–H groups in total. The first-order chi connectivity index (χ1) is 12.2. The number of esters is 2. The molecule has 0 atom stereocenters. The van der Waals surface area contributed by atoms with Gasteiger partial charge in [0.2, 0.25) is 0 Å². The Morgan fingerprint density at radius 3 is 2.62 bits per heavy atom. The summed E-state index contributed by atoms with van der Waals surface area (Å²) in [5.74, 6) is -1.29. The highest BCUT2D eigenvalue weighted by Gasteiger charge is 2.25. The molecule has 136 valence electrons. The van der Waals surface area contributed by atoms with Gasteiger partial charge in [0, 0.05) is 6.07 Å². The van der Waals surface area contributed by atoms with Gasteiger partial charge in [0.25, 0.3) is 0 Å². The molecule has 0 aliphatic carbocycles. The van der Waals surface area contributed by atoms with E-state index in [4.69, 9.17) is 9.47 Å². The maximum absolute atomic E-state index is 12.3. The minimum Gasteiger partial charge on any atom is -0.506 e. The Hall–Kier alpha value is -2.87. The third-order valence-electron chi connectivity index (χ3n) is 3.47. The molecule has 0 aliphatic heterocycles. The standard InChI is InChI=1S/C18H18N2O5S/c1-18(2,3)25-17(23)15-12(21)8-13(26-15)11-9-19-14-7-5-6-10(20(11)14)16(22)24-4/h5-9,21H,1-4H3. The van der Waals surface area contributed by atoms with Crippen LogP contribution in [0.5, 0.6) is 5.75 Å². The highest BCUT2D eigenvalue weighted by molar-refractivity contribution is 7.17. The number of nitrogens with zero attached hydrogens (tertiary/aromatic N) is 2. The molecule has 0 bridgehead atoms. The van der Waals surface area contributed by atoms with Gasteiger partial charge in [0.1, 0.15) is 22.7 Å². The second-order valence-electron chi connectivity index (χ2n) is 6.57. The van der Waals surface area contributed by atoms with E-state index in [1.165, 1.54) is 13.2 Å². The molecule has 0 spiro atoms. The van der Waals surface area contributed by atoms with Crippen molar-refractivity contribution in [3.05, 3.63) is 41.0 Å². The number of pyridine rings is 1. The van der Waals surface area contributed by atoms with Crippen LogP contribution in [0.25, 0.3) is 16.2 Å². The third-order valence-corrected chi connectivity index (χ3v) is 4.60. The van der Waals surface area contributed by atoms with Gasteiger partial charge in [0.05, 0.1) is 23.9 Å². The average molecular weight is 374 g/mol. The predicted octanol–water partition coefficient (Wildman–Crippen LogP) is 3.51. The summed E-state index contributed by atoms with van der Waals surface area (Å²) < 4.78 is 11.8. The Balaban J connectivity index is 2.10. The molecule has 0 amide bonds. The summed E-state index contributed by atoms with van der Waals surface area (Å²) in [7, 11) is 1.30. The van der Waals surface area contributed by atoms with Crippen molar-refractivity contribution < 1.29 is 24.2 Å². The second kappa shape index (κ2) is 6.45. The van der Waals surface area contributed by atoms with Crippen LogP contribution in [0.1, 0.15) is 40.9 Å². The van der Waals surface area contributed by atoms with E-state index in [-0.39, 0.29) is 10.6 Å². The molecule has 0 fully saturated rings. The number of hydrogen-bond donors (Lipinski definition) is 1. The van der Waals surface area contributed by atoms with E-state index in [0.29, 0.717) is 21.9 Å². The summed E-state index contributed by atoms with van der Waals surface area (Å²) >= 11 is 1.07. The Labute approximate surface area is 153 Å². The lowest BCUT2D eigenvalue weighted by atomic mass is 10.2. The molecule has 3 aromatic rings. The fourth-order valence-corrected chi connectivity index (χ4v) is 3.38. The minimum atomic E-state index is -0.672. The van der Waals surface area contributed by atoms with Crippen molar-refractivity contribution in [3.8, 4) is 16.3 Å². The van der Waals surface area contributed by atoms with Crippen LogP contribution in [0.3, 0.4) is 0 Å². The van der Waals surface area contributed by atoms with Crippen molar-refractivity contribution in [2.75, 3.05) is 7.11 Å². The fraction of sp³-hybridized carbons (Fsp3) is 0.278. The topological polar surface area (TPSA) is 90.1 Å². The molecule has 0 unspecified atom stereocenters. The van der Waals surface area contributed by atoms with Gasteiger partial charge in [-0.1, -0.05) is 6.07 Å². The van der Waals surface area contributed by atoms with Crippen LogP contribution in [0.4, 0.5) is 0 Å². The number of fused-ring (bicyclic) bond motifs is 1. The zero-order chi connectivity index (χ0) is 19.1. The Kier molecular flexibility index (Phi) is 4.45. The Bertz CT molecular complexity index is 997. The Morgan fingerprint density at radius 2 is 1.96 bits per heavy atom. The van der Waals surface area contributed by atoms with Gasteiger partial charge in [-0.05, 0) is 32.9 Å². The first kappa shape index (κ1) is 17.9. The summed E-state index contributed by atoms with van der Waals surface area (Å²) in [6.07, 6.45) is 1.58. The Morgan fingerprint density at radius 1 is 1.23 bits per heavy atom. The number of aromatic hydroxyl groups is 1. The van der Waals surface area contributed by atoms with E-state index in [2.05, 4.69) is 4.98 Å². The van der Waals surface area contributed by atoms with Crippen LogP contribution in [0, 0.1) is 0 Å². The number of ether oxygens (including phenoxy) is 2. The average Bonchev–Trinajstić information content (AvgIpc) is 3.15. The van der Waals surface area contributed by atoms with Crippen LogP contribution in [0.15, 0.2) is 30.5 Å². The molecule has 0 saturated carbocycles. The molecule has 0 aromatic carbocycles. The lowest BCUT2D eigenvalue weighted by Crippen LogP contribution is -2.23. The van der Waals surface area contributed by atoms with Gasteiger partial charge in [-0.3, -0.25) is 4.40 Å². The number of rotatable bonds is 3. The van der Waals surface area contributed by atoms with Crippen molar-refractivity contribution in [2.24, 2.45) is 0 Å². The van der Waals surface area contributed by atoms with E-state index in [1.807, 2.05) is 0 Å². The number of aromatic nitrogens is 2. The molecule has 7 nitrogen and oxygen atoms in total. The lowest BCUT2D eigenvalue weighted by molar-refractivity contribution is 0.00726. The molecule has 3 rings (SSSR count). The van der Waals surface area contributed by atoms with Gasteiger partial charge in [-0.25, -0.2) is 14.6 Å². The van der Waals surface area contributed by atoms with Crippen LogP contribution < -0.4 is 0 Å². The molecular formula is C18H18N2O5S. The maximum atomic E-state index is 12.3. The van der Waals surface area contributed by atoms with Crippen LogP contribution in [-0.2, 0) is 9.47 Å². The van der Waals surface area contributed by atoms with Gasteiger partial charge in [-0.15, -0.1) is 11.3 Å². The minimum absolute atomic E-state index is 0.0976. The summed E-state index contributed by atoms with van der Waals surface area (Å²) in [6, 6.07) is 6.53. The molecule has 3 heterocycles. The number of carbonyl (C=O) groups excluding carboxylic acids is 2. The van der Waals surface area contributed by atoms with E-state index in [9.17, 15) is 14.7 Å². The van der Waals surface area contributed by atoms with Gasteiger partial charge in [-0.2, -0.15) is 0 Å². The quantitative estimate of drug-likeness (QED) is 0.706. The first-order valence-electron chi connectivity index (χ1n) is 7.82. The fourth-order valence-electron chi connectivity index (χ4n) is 2.45. The molecule has 0 saturated heterocycles. The largest absolute Gasteiger partial charge is 0.506 e. The zero-order valence-electron chi connectivity index (χ0n) is 14.8. The first-order valence-corrected chi connectivity index (χ1v) is 8.64. The van der Waals surface area contributed by atoms with Crippen LogP contribution in [0.2, 0.25) is 0 Å². The smallest absolute Gasteiger partial charge is 0.355 e. The van der Waals surface area contributed by atoms with Gasteiger partial charge < -0.3 is 14.6 Å². The van der Waals surface area contributed by atoms with Crippen molar-refractivity contribution in [1.82, 2.24) is 9.38 Å². The number of thiophene rings is 1. The lowest BCUT2D eigenvalue weighted by Gasteiger charge is -2.18. The molecule has 0 radical (unpaired) electrons. The second-order valence-corrected chi connectivity index (χ2v) is 7.62. The number of carbonyl (C=O) groups is 2. The maximum Gasteiger partial charge on any atom is 0.355 e. The molecule has 8 heteroatoms. The van der Waals surface area contributed by atoms with Crippen molar-refractivity contribution in [1.29, 1.82) is 0 Å². The third kappa shape index (κ3) is 3.28. The number of hydrogen-bond acceptors (Lipinski definition) is 7. The predicted molar refractivity (Wildman–Crippen MR) is 96.7 cm³/mol. The monoisotopic (exact) mass is 374 g/mol. The highest BCUT2D eigenvalue weighted by Crippen LogP contribution is 2.37.